The standard InChI is InChI=1S/C26H24F4N4O2/c27-19-14-20-16(12-18(19)26(28,29)30)17-13-21-24(35)33(11-10-32-8-4-5-9-32)25(36)34(21)23(22(17)31-20)15-6-2-1-3-7-15/h1-3,6-7,12,14,21,23,31H,4-5,8-11,13H2. The predicted molar refractivity (Wildman–Crippen MR) is 124 cm³/mol. The molecule has 0 radical (unpaired) electrons. The van der Waals surface area contributed by atoms with Crippen LogP contribution >= 0.6 is 0 Å². The topological polar surface area (TPSA) is 59.7 Å². The van der Waals surface area contributed by atoms with Crippen molar-refractivity contribution in [2.75, 3.05) is 26.2 Å². The Morgan fingerprint density at radius 2 is 1.72 bits per heavy atom. The molecule has 2 fully saturated rings. The molecule has 0 bridgehead atoms. The van der Waals surface area contributed by atoms with E-state index >= 15 is 0 Å². The van der Waals surface area contributed by atoms with Crippen molar-refractivity contribution in [3.63, 3.8) is 0 Å². The number of aromatic nitrogens is 1. The fourth-order valence-electron chi connectivity index (χ4n) is 5.85. The van der Waals surface area contributed by atoms with E-state index in [0.29, 0.717) is 23.4 Å². The highest BCUT2D eigenvalue weighted by Gasteiger charge is 2.52. The average Bonchev–Trinajstić information content (AvgIpc) is 3.54. The number of imide groups is 1. The summed E-state index contributed by atoms with van der Waals surface area (Å²) in [7, 11) is 0. The first kappa shape index (κ1) is 23.0. The SMILES string of the molecule is O=C1C2Cc3c([nH]c4cc(F)c(C(F)(F)F)cc34)C(c3ccccc3)N2C(=O)N1CCN1CCCC1. The summed E-state index contributed by atoms with van der Waals surface area (Å²) in [5, 5.41) is 0.218. The number of carbonyl (C=O) groups is 2. The van der Waals surface area contributed by atoms with Crippen molar-refractivity contribution in [1.82, 2.24) is 19.7 Å². The number of fused-ring (bicyclic) bond motifs is 4. The second-order valence-electron chi connectivity index (χ2n) is 9.65. The summed E-state index contributed by atoms with van der Waals surface area (Å²) in [5.41, 5.74) is 0.589. The molecule has 2 saturated heterocycles. The zero-order valence-electron chi connectivity index (χ0n) is 19.3. The number of hydrogen-bond acceptors (Lipinski definition) is 3. The van der Waals surface area contributed by atoms with Gasteiger partial charge in [0.1, 0.15) is 17.9 Å². The van der Waals surface area contributed by atoms with Gasteiger partial charge >= 0.3 is 12.2 Å². The molecule has 6 rings (SSSR count). The second kappa shape index (κ2) is 8.33. The van der Waals surface area contributed by atoms with Crippen LogP contribution in [0.5, 0.6) is 0 Å². The average molecular weight is 500 g/mol. The minimum Gasteiger partial charge on any atom is -0.356 e. The van der Waals surface area contributed by atoms with E-state index in [0.717, 1.165) is 38.1 Å². The lowest BCUT2D eigenvalue weighted by Gasteiger charge is -2.36. The van der Waals surface area contributed by atoms with Crippen molar-refractivity contribution >= 4 is 22.8 Å². The molecule has 1 aromatic heterocycles. The molecule has 188 valence electrons. The van der Waals surface area contributed by atoms with Gasteiger partial charge in [-0.05, 0) is 49.2 Å². The molecule has 6 nitrogen and oxygen atoms in total. The zero-order valence-corrected chi connectivity index (χ0v) is 19.3. The third kappa shape index (κ3) is 3.57. The Bertz CT molecular complexity index is 1350. The number of carbonyl (C=O) groups excluding carboxylic acids is 2. The van der Waals surface area contributed by atoms with Crippen LogP contribution < -0.4 is 0 Å². The van der Waals surface area contributed by atoms with Crippen molar-refractivity contribution in [1.29, 1.82) is 0 Å². The van der Waals surface area contributed by atoms with Crippen molar-refractivity contribution in [3.8, 4) is 0 Å². The molecular formula is C26H24F4N4O2. The highest BCUT2D eigenvalue weighted by molar-refractivity contribution is 6.05. The molecule has 3 amide bonds. The fourth-order valence-corrected chi connectivity index (χ4v) is 5.85. The van der Waals surface area contributed by atoms with Gasteiger partial charge in [0.25, 0.3) is 5.91 Å². The molecule has 10 heteroatoms. The van der Waals surface area contributed by atoms with E-state index in [9.17, 15) is 27.2 Å². The summed E-state index contributed by atoms with van der Waals surface area (Å²) in [4.78, 5) is 35.2. The van der Waals surface area contributed by atoms with Crippen LogP contribution in [0.2, 0.25) is 0 Å². The molecular weight excluding hydrogens is 476 g/mol. The van der Waals surface area contributed by atoms with Gasteiger partial charge in [-0.2, -0.15) is 13.2 Å². The maximum Gasteiger partial charge on any atom is 0.419 e. The van der Waals surface area contributed by atoms with Gasteiger partial charge in [-0.15, -0.1) is 0 Å². The first-order valence-corrected chi connectivity index (χ1v) is 12.1. The van der Waals surface area contributed by atoms with Gasteiger partial charge in [-0.1, -0.05) is 30.3 Å². The van der Waals surface area contributed by atoms with Crippen LogP contribution in [0, 0.1) is 5.82 Å². The van der Waals surface area contributed by atoms with Gasteiger partial charge in [-0.3, -0.25) is 14.6 Å². The Labute approximate surface area is 204 Å². The molecule has 0 spiro atoms. The first-order chi connectivity index (χ1) is 17.2. The lowest BCUT2D eigenvalue weighted by molar-refractivity contribution is -0.139. The Hall–Kier alpha value is -3.40. The van der Waals surface area contributed by atoms with Crippen molar-refractivity contribution in [2.24, 2.45) is 0 Å². The minimum atomic E-state index is -4.85. The number of likely N-dealkylation sites (tertiary alicyclic amines) is 1. The van der Waals surface area contributed by atoms with Crippen LogP contribution in [0.25, 0.3) is 10.9 Å². The first-order valence-electron chi connectivity index (χ1n) is 12.1. The van der Waals surface area contributed by atoms with E-state index in [1.54, 1.807) is 12.1 Å². The molecule has 36 heavy (non-hydrogen) atoms. The number of aromatic amines is 1. The molecule has 0 aliphatic carbocycles. The summed E-state index contributed by atoms with van der Waals surface area (Å²) in [5.74, 6) is -1.72. The molecule has 3 aliphatic heterocycles. The summed E-state index contributed by atoms with van der Waals surface area (Å²) < 4.78 is 54.8. The van der Waals surface area contributed by atoms with E-state index in [1.807, 2.05) is 18.2 Å². The highest BCUT2D eigenvalue weighted by Crippen LogP contribution is 2.45. The second-order valence-corrected chi connectivity index (χ2v) is 9.65. The van der Waals surface area contributed by atoms with Crippen LogP contribution in [-0.4, -0.2) is 63.8 Å². The zero-order chi connectivity index (χ0) is 25.2. The summed E-state index contributed by atoms with van der Waals surface area (Å²) in [6.45, 7) is 2.73. The number of amides is 3. The largest absolute Gasteiger partial charge is 0.419 e. The van der Waals surface area contributed by atoms with Gasteiger partial charge in [-0.25, -0.2) is 9.18 Å². The maximum absolute atomic E-state index is 14.3. The van der Waals surface area contributed by atoms with Crippen molar-refractivity contribution in [3.05, 3.63) is 70.7 Å². The third-order valence-electron chi connectivity index (χ3n) is 7.57. The number of halogens is 4. The number of nitrogens with one attached hydrogen (secondary N) is 1. The number of rotatable bonds is 4. The normalized spacial score (nSPS) is 22.6. The Kier molecular flexibility index (Phi) is 5.33. The smallest absolute Gasteiger partial charge is 0.356 e. The summed E-state index contributed by atoms with van der Waals surface area (Å²) in [6.07, 6.45) is -2.61. The van der Waals surface area contributed by atoms with Gasteiger partial charge in [0.05, 0.1) is 5.56 Å². The molecule has 0 saturated carbocycles. The lowest BCUT2D eigenvalue weighted by Crippen LogP contribution is -2.44. The van der Waals surface area contributed by atoms with E-state index in [1.165, 1.54) is 9.80 Å². The molecule has 2 atom stereocenters. The number of H-pyrrole nitrogens is 1. The van der Waals surface area contributed by atoms with Gasteiger partial charge in [0.2, 0.25) is 0 Å². The Morgan fingerprint density at radius 3 is 2.42 bits per heavy atom. The number of urea groups is 1. The third-order valence-corrected chi connectivity index (χ3v) is 7.57. The number of alkyl halides is 3. The van der Waals surface area contributed by atoms with E-state index in [2.05, 4.69) is 9.88 Å². The highest BCUT2D eigenvalue weighted by atomic mass is 19.4. The molecule has 3 aromatic rings. The van der Waals surface area contributed by atoms with Crippen LogP contribution in [-0.2, 0) is 17.4 Å². The molecule has 3 aliphatic rings. The monoisotopic (exact) mass is 500 g/mol. The molecule has 2 unspecified atom stereocenters. The van der Waals surface area contributed by atoms with Crippen LogP contribution in [0.4, 0.5) is 22.4 Å². The minimum absolute atomic E-state index is 0.0619. The number of hydrogen-bond donors (Lipinski definition) is 1. The van der Waals surface area contributed by atoms with Crippen molar-refractivity contribution < 1.29 is 27.2 Å². The van der Waals surface area contributed by atoms with Crippen LogP contribution in [0.1, 0.15) is 41.3 Å². The van der Waals surface area contributed by atoms with E-state index < -0.39 is 35.7 Å². The lowest BCUT2D eigenvalue weighted by atomic mass is 9.88. The number of benzene rings is 2. The Morgan fingerprint density at radius 1 is 1.00 bits per heavy atom. The maximum atomic E-state index is 14.3. The Balaban J connectivity index is 1.45. The molecule has 4 heterocycles. The van der Waals surface area contributed by atoms with Crippen LogP contribution in [0.15, 0.2) is 42.5 Å². The van der Waals surface area contributed by atoms with Gasteiger partial charge < -0.3 is 9.88 Å². The van der Waals surface area contributed by atoms with Crippen LogP contribution in [0.3, 0.4) is 0 Å². The van der Waals surface area contributed by atoms with E-state index in [4.69, 9.17) is 0 Å². The van der Waals surface area contributed by atoms with Gasteiger partial charge in [0, 0.05) is 36.1 Å². The fraction of sp³-hybridized carbons (Fsp3) is 0.385. The molecule has 2 aromatic carbocycles. The molecule has 1 N–H and O–H groups in total. The number of nitrogens with zero attached hydrogens (tertiary/aromatic N) is 3. The van der Waals surface area contributed by atoms with E-state index in [-0.39, 0.29) is 29.8 Å². The van der Waals surface area contributed by atoms with Crippen molar-refractivity contribution in [2.45, 2.75) is 37.5 Å². The summed E-state index contributed by atoms with van der Waals surface area (Å²) >= 11 is 0. The predicted octanol–water partition coefficient (Wildman–Crippen LogP) is 4.70. The van der Waals surface area contributed by atoms with Gasteiger partial charge in [0.15, 0.2) is 0 Å². The summed E-state index contributed by atoms with van der Waals surface area (Å²) in [6, 6.07) is 8.74. The quantitative estimate of drug-likeness (QED) is 0.418.